The van der Waals surface area contributed by atoms with Crippen LogP contribution in [0.3, 0.4) is 0 Å². The van der Waals surface area contributed by atoms with Crippen molar-refractivity contribution in [3.8, 4) is 0 Å². The molecule has 0 fully saturated rings. The van der Waals surface area contributed by atoms with Crippen LogP contribution in [0, 0.1) is 11.3 Å². The Morgan fingerprint density at radius 1 is 1.00 bits per heavy atom. The number of hydrogen-bond acceptors (Lipinski definition) is 1. The Kier molecular flexibility index (Phi) is 4.44. The molecule has 0 aromatic heterocycles. The van der Waals surface area contributed by atoms with Crippen molar-refractivity contribution >= 4 is 0 Å². The van der Waals surface area contributed by atoms with Gasteiger partial charge in [-0.25, -0.2) is 0 Å². The molecule has 0 aliphatic heterocycles. The van der Waals surface area contributed by atoms with Crippen molar-refractivity contribution < 1.29 is 5.11 Å². The molecule has 0 saturated carbocycles. The Morgan fingerprint density at radius 2 is 1.46 bits per heavy atom. The van der Waals surface area contributed by atoms with E-state index in [4.69, 9.17) is 0 Å². The third kappa shape index (κ3) is 8.29. The monoisotopic (exact) mass is 186 g/mol. The summed E-state index contributed by atoms with van der Waals surface area (Å²) in [6.07, 6.45) is 2.91. The Hall–Kier alpha value is -0.0400. The van der Waals surface area contributed by atoms with E-state index in [0.29, 0.717) is 11.3 Å². The summed E-state index contributed by atoms with van der Waals surface area (Å²) < 4.78 is 0. The highest BCUT2D eigenvalue weighted by Gasteiger charge is 2.24. The molecule has 0 heterocycles. The molecule has 0 bridgehead atoms. The van der Waals surface area contributed by atoms with E-state index in [9.17, 15) is 5.11 Å². The van der Waals surface area contributed by atoms with Crippen LogP contribution < -0.4 is 0 Å². The minimum Gasteiger partial charge on any atom is -0.390 e. The molecule has 0 aromatic rings. The molecular formula is C12H26O. The first kappa shape index (κ1) is 13.0. The number of hydrogen-bond donors (Lipinski definition) is 1. The fraction of sp³-hybridized carbons (Fsp3) is 1.00. The lowest BCUT2D eigenvalue weighted by Gasteiger charge is -2.29. The van der Waals surface area contributed by atoms with Crippen LogP contribution in [-0.4, -0.2) is 10.7 Å². The highest BCUT2D eigenvalue weighted by molar-refractivity contribution is 4.76. The van der Waals surface area contributed by atoms with E-state index in [0.717, 1.165) is 19.3 Å². The van der Waals surface area contributed by atoms with Gasteiger partial charge in [0.25, 0.3) is 0 Å². The largest absolute Gasteiger partial charge is 0.390 e. The first-order valence-corrected chi connectivity index (χ1v) is 5.35. The molecule has 1 unspecified atom stereocenters. The van der Waals surface area contributed by atoms with Gasteiger partial charge in [0.2, 0.25) is 0 Å². The lowest BCUT2D eigenvalue weighted by Crippen LogP contribution is -2.27. The molecule has 1 atom stereocenters. The van der Waals surface area contributed by atoms with Gasteiger partial charge in [0.05, 0.1) is 5.60 Å². The molecule has 0 amide bonds. The summed E-state index contributed by atoms with van der Waals surface area (Å²) in [4.78, 5) is 0. The predicted molar refractivity (Wildman–Crippen MR) is 58.8 cm³/mol. The molecule has 13 heavy (non-hydrogen) atoms. The molecule has 80 valence electrons. The van der Waals surface area contributed by atoms with E-state index >= 15 is 0 Å². The summed E-state index contributed by atoms with van der Waals surface area (Å²) in [6, 6.07) is 0. The van der Waals surface area contributed by atoms with E-state index in [1.165, 1.54) is 0 Å². The molecular weight excluding hydrogens is 160 g/mol. The maximum atomic E-state index is 10.0. The van der Waals surface area contributed by atoms with Gasteiger partial charge in [0.1, 0.15) is 0 Å². The number of rotatable bonds is 4. The minimum atomic E-state index is -0.471. The van der Waals surface area contributed by atoms with E-state index in [2.05, 4.69) is 34.6 Å². The SMILES string of the molecule is CC(C)CC(C)(O)CCC(C)(C)C. The minimum absolute atomic E-state index is 0.334. The lowest BCUT2D eigenvalue weighted by molar-refractivity contribution is 0.0197. The van der Waals surface area contributed by atoms with Crippen LogP contribution in [0.5, 0.6) is 0 Å². The van der Waals surface area contributed by atoms with Crippen molar-refractivity contribution in [1.29, 1.82) is 0 Å². The van der Waals surface area contributed by atoms with Crippen LogP contribution in [0.15, 0.2) is 0 Å². The van der Waals surface area contributed by atoms with Crippen molar-refractivity contribution in [1.82, 2.24) is 0 Å². The molecule has 1 nitrogen and oxygen atoms in total. The molecule has 1 heteroatoms. The molecule has 1 N–H and O–H groups in total. The van der Waals surface area contributed by atoms with Crippen LogP contribution in [0.25, 0.3) is 0 Å². The molecule has 0 aliphatic carbocycles. The average Bonchev–Trinajstić information content (AvgIpc) is 1.79. The summed E-state index contributed by atoms with van der Waals surface area (Å²) in [5.41, 5.74) is -0.136. The third-order valence-corrected chi connectivity index (χ3v) is 2.26. The van der Waals surface area contributed by atoms with Gasteiger partial charge in [0.15, 0.2) is 0 Å². The standard InChI is InChI=1S/C12H26O/c1-10(2)9-12(6,13)8-7-11(3,4)5/h10,13H,7-9H2,1-6H3. The van der Waals surface area contributed by atoms with Crippen molar-refractivity contribution in [3.05, 3.63) is 0 Å². The summed E-state index contributed by atoms with van der Waals surface area (Å²) in [6.45, 7) is 12.9. The Balaban J connectivity index is 3.89. The van der Waals surface area contributed by atoms with E-state index < -0.39 is 5.60 Å². The van der Waals surface area contributed by atoms with Gasteiger partial charge in [0, 0.05) is 0 Å². The summed E-state index contributed by atoms with van der Waals surface area (Å²) in [5, 5.41) is 10.0. The maximum Gasteiger partial charge on any atom is 0.0622 e. The van der Waals surface area contributed by atoms with E-state index in [1.54, 1.807) is 0 Å². The predicted octanol–water partition coefficient (Wildman–Crippen LogP) is 3.61. The zero-order valence-electron chi connectivity index (χ0n) is 10.1. The Morgan fingerprint density at radius 3 is 1.77 bits per heavy atom. The first-order chi connectivity index (χ1) is 5.62. The summed E-state index contributed by atoms with van der Waals surface area (Å²) in [5.74, 6) is 0.579. The van der Waals surface area contributed by atoms with Crippen molar-refractivity contribution in [3.63, 3.8) is 0 Å². The van der Waals surface area contributed by atoms with Crippen molar-refractivity contribution in [2.24, 2.45) is 11.3 Å². The lowest BCUT2D eigenvalue weighted by atomic mass is 9.82. The van der Waals surface area contributed by atoms with Crippen LogP contribution in [0.1, 0.15) is 60.8 Å². The first-order valence-electron chi connectivity index (χ1n) is 5.35. The Labute approximate surface area is 83.5 Å². The highest BCUT2D eigenvalue weighted by atomic mass is 16.3. The molecule has 0 saturated heterocycles. The number of aliphatic hydroxyl groups is 1. The van der Waals surface area contributed by atoms with Gasteiger partial charge in [-0.05, 0) is 37.5 Å². The van der Waals surface area contributed by atoms with Gasteiger partial charge in [-0.15, -0.1) is 0 Å². The molecule has 0 rings (SSSR count). The second kappa shape index (κ2) is 4.45. The van der Waals surface area contributed by atoms with Crippen molar-refractivity contribution in [2.45, 2.75) is 66.4 Å². The van der Waals surface area contributed by atoms with Crippen LogP contribution in [-0.2, 0) is 0 Å². The topological polar surface area (TPSA) is 20.2 Å². The fourth-order valence-corrected chi connectivity index (χ4v) is 1.63. The van der Waals surface area contributed by atoms with Crippen LogP contribution in [0.2, 0.25) is 0 Å². The quantitative estimate of drug-likeness (QED) is 0.711. The molecule has 0 aromatic carbocycles. The molecule has 0 spiro atoms. The smallest absolute Gasteiger partial charge is 0.0622 e. The summed E-state index contributed by atoms with van der Waals surface area (Å²) in [7, 11) is 0. The van der Waals surface area contributed by atoms with Gasteiger partial charge in [-0.1, -0.05) is 34.6 Å². The van der Waals surface area contributed by atoms with Gasteiger partial charge >= 0.3 is 0 Å². The third-order valence-electron chi connectivity index (χ3n) is 2.26. The summed E-state index contributed by atoms with van der Waals surface area (Å²) >= 11 is 0. The van der Waals surface area contributed by atoms with Crippen molar-refractivity contribution in [2.75, 3.05) is 0 Å². The zero-order valence-corrected chi connectivity index (χ0v) is 10.1. The molecule has 0 radical (unpaired) electrons. The average molecular weight is 186 g/mol. The fourth-order valence-electron chi connectivity index (χ4n) is 1.63. The molecule has 0 aliphatic rings. The normalized spacial score (nSPS) is 17.5. The Bertz CT molecular complexity index is 140. The second-order valence-electron chi connectivity index (χ2n) is 6.16. The zero-order chi connectivity index (χ0) is 10.7. The second-order valence-corrected chi connectivity index (χ2v) is 6.16. The van der Waals surface area contributed by atoms with Crippen LogP contribution >= 0.6 is 0 Å². The van der Waals surface area contributed by atoms with Crippen LogP contribution in [0.4, 0.5) is 0 Å². The highest BCUT2D eigenvalue weighted by Crippen LogP contribution is 2.28. The van der Waals surface area contributed by atoms with Gasteiger partial charge < -0.3 is 5.11 Å². The maximum absolute atomic E-state index is 10.0. The van der Waals surface area contributed by atoms with E-state index in [1.807, 2.05) is 6.92 Å². The van der Waals surface area contributed by atoms with Gasteiger partial charge in [-0.2, -0.15) is 0 Å². The van der Waals surface area contributed by atoms with Gasteiger partial charge in [-0.3, -0.25) is 0 Å². The van der Waals surface area contributed by atoms with E-state index in [-0.39, 0.29) is 0 Å².